The molecule has 38 heavy (non-hydrogen) atoms. The number of ketones is 4. The van der Waals surface area contributed by atoms with Crippen LogP contribution in [0.25, 0.3) is 0 Å². The van der Waals surface area contributed by atoms with E-state index in [-0.39, 0.29) is 35.6 Å². The van der Waals surface area contributed by atoms with Gasteiger partial charge in [0.05, 0.1) is 6.42 Å². The van der Waals surface area contributed by atoms with Crippen LogP contribution in [0.4, 0.5) is 0 Å². The largest absolute Gasteiger partial charge is 0.300 e. The molecule has 0 spiro atoms. The van der Waals surface area contributed by atoms with E-state index in [0.29, 0.717) is 18.1 Å². The topological polar surface area (TPSA) is 68.3 Å². The van der Waals surface area contributed by atoms with Crippen molar-refractivity contribution in [1.82, 2.24) is 0 Å². The van der Waals surface area contributed by atoms with Crippen LogP contribution in [-0.4, -0.2) is 23.1 Å². The number of Topliss-reactive ketones (excluding diaryl/α,β-unsaturated/α-hetero) is 4. The fraction of sp³-hybridized carbons (Fsp3) is 0.706. The molecule has 0 heterocycles. The lowest BCUT2D eigenvalue weighted by atomic mass is 9.72. The van der Waals surface area contributed by atoms with Crippen LogP contribution < -0.4 is 0 Å². The van der Waals surface area contributed by atoms with Crippen LogP contribution in [0.3, 0.4) is 0 Å². The van der Waals surface area contributed by atoms with E-state index in [1.807, 2.05) is 13.8 Å². The zero-order valence-corrected chi connectivity index (χ0v) is 26.0. The van der Waals surface area contributed by atoms with Crippen molar-refractivity contribution in [2.24, 2.45) is 17.8 Å². The minimum absolute atomic E-state index is 0.0453. The summed E-state index contributed by atoms with van der Waals surface area (Å²) in [6.07, 6.45) is 10.7. The molecule has 0 amide bonds. The lowest BCUT2D eigenvalue weighted by molar-refractivity contribution is -0.130. The van der Waals surface area contributed by atoms with Gasteiger partial charge in [0.15, 0.2) is 5.78 Å². The number of benzene rings is 1. The summed E-state index contributed by atoms with van der Waals surface area (Å²) in [5.74, 6) is 1.09. The highest BCUT2D eigenvalue weighted by atomic mass is 16.1. The zero-order valence-electron chi connectivity index (χ0n) is 26.0. The third-order valence-corrected chi connectivity index (χ3v) is 7.36. The van der Waals surface area contributed by atoms with Crippen molar-refractivity contribution < 1.29 is 19.2 Å². The minimum Gasteiger partial charge on any atom is -0.300 e. The van der Waals surface area contributed by atoms with Crippen LogP contribution >= 0.6 is 0 Å². The van der Waals surface area contributed by atoms with Gasteiger partial charge >= 0.3 is 0 Å². The van der Waals surface area contributed by atoms with Crippen molar-refractivity contribution in [2.75, 3.05) is 0 Å². The molecule has 0 aromatic heterocycles. The van der Waals surface area contributed by atoms with Crippen LogP contribution in [0.15, 0.2) is 12.1 Å². The van der Waals surface area contributed by atoms with E-state index < -0.39 is 0 Å². The number of unbranched alkanes of at least 4 members (excludes halogenated alkanes) is 2. The monoisotopic (exact) mass is 528 g/mol. The Morgan fingerprint density at radius 2 is 1.53 bits per heavy atom. The fourth-order valence-electron chi connectivity index (χ4n) is 5.45. The Kier molecular flexibility index (Phi) is 18.8. The summed E-state index contributed by atoms with van der Waals surface area (Å²) in [6, 6.07) is 4.22. The molecule has 0 N–H and O–H groups in total. The number of carbonyl (C=O) groups is 4. The van der Waals surface area contributed by atoms with Gasteiger partial charge in [-0.05, 0) is 81.9 Å². The van der Waals surface area contributed by atoms with E-state index in [9.17, 15) is 19.2 Å². The number of rotatable bonds is 13. The maximum Gasteiger partial charge on any atom is 0.163 e. The lowest BCUT2D eigenvalue weighted by Gasteiger charge is -2.32. The predicted molar refractivity (Wildman–Crippen MR) is 160 cm³/mol. The molecule has 1 aromatic carbocycles. The smallest absolute Gasteiger partial charge is 0.163 e. The van der Waals surface area contributed by atoms with Crippen molar-refractivity contribution in [3.63, 3.8) is 0 Å². The highest BCUT2D eigenvalue weighted by molar-refractivity contribution is 6.00. The standard InChI is InChI=1S/C24H34O3.C7H14O.C3H8/c1-6-8-19(21(7-2)22(26)11-16(4)25)12-18-13-20-10-9-15(3)17(5)24(20)23(27)14-18;1-3-4-5-6-7(2)8;1-3-2/h9-10,18-19,21H,6-8,11-14H2,1-5H3;3-6H2,1-2H3;3H2,1-2H3. The average Bonchev–Trinajstić information content (AvgIpc) is 2.82. The van der Waals surface area contributed by atoms with Gasteiger partial charge in [-0.2, -0.15) is 0 Å². The molecule has 0 aliphatic heterocycles. The van der Waals surface area contributed by atoms with Gasteiger partial charge in [0.2, 0.25) is 0 Å². The summed E-state index contributed by atoms with van der Waals surface area (Å²) >= 11 is 0. The van der Waals surface area contributed by atoms with Crippen LogP contribution in [0.2, 0.25) is 0 Å². The normalized spacial score (nSPS) is 15.7. The van der Waals surface area contributed by atoms with Crippen molar-refractivity contribution in [3.05, 3.63) is 34.4 Å². The molecule has 4 heteroatoms. The molecule has 3 atom stereocenters. The maximum atomic E-state index is 12.8. The Bertz CT molecular complexity index is 883. The van der Waals surface area contributed by atoms with Gasteiger partial charge in [-0.3, -0.25) is 14.4 Å². The first kappa shape index (κ1) is 35.9. The summed E-state index contributed by atoms with van der Waals surface area (Å²) in [5.41, 5.74) is 4.38. The third kappa shape index (κ3) is 13.1. The number of fused-ring (bicyclic) bond motifs is 1. The molecule has 0 fully saturated rings. The Hall–Kier alpha value is -2.10. The molecule has 1 aliphatic carbocycles. The quantitative estimate of drug-likeness (QED) is 0.189. The number of carbonyl (C=O) groups excluding carboxylic acids is 4. The average molecular weight is 529 g/mol. The van der Waals surface area contributed by atoms with Crippen LogP contribution in [0.5, 0.6) is 0 Å². The van der Waals surface area contributed by atoms with Gasteiger partial charge in [-0.25, -0.2) is 0 Å². The number of aryl methyl sites for hydroxylation is 1. The SMILES string of the molecule is CCC.CCCC(CC1CC(=O)c2c(ccc(C)c2C)C1)C(CC)C(=O)CC(C)=O.CCCCCC(C)=O. The summed E-state index contributed by atoms with van der Waals surface area (Å²) in [6.45, 7) is 17.8. The van der Waals surface area contributed by atoms with E-state index in [0.717, 1.165) is 61.6 Å². The van der Waals surface area contributed by atoms with Crippen molar-refractivity contribution >= 4 is 23.1 Å². The van der Waals surface area contributed by atoms with Gasteiger partial charge in [0.1, 0.15) is 17.3 Å². The first-order valence-corrected chi connectivity index (χ1v) is 15.1. The lowest BCUT2D eigenvalue weighted by Crippen LogP contribution is -2.29. The minimum atomic E-state index is -0.0647. The molecule has 4 nitrogen and oxygen atoms in total. The summed E-state index contributed by atoms with van der Waals surface area (Å²) < 4.78 is 0. The second kappa shape index (κ2) is 19.9. The van der Waals surface area contributed by atoms with Crippen LogP contribution in [-0.2, 0) is 20.8 Å². The molecular formula is C34H56O4. The van der Waals surface area contributed by atoms with Crippen molar-refractivity contribution in [1.29, 1.82) is 0 Å². The van der Waals surface area contributed by atoms with E-state index in [1.165, 1.54) is 31.7 Å². The molecule has 216 valence electrons. The molecule has 0 radical (unpaired) electrons. The van der Waals surface area contributed by atoms with Gasteiger partial charge in [0, 0.05) is 24.3 Å². The molecule has 0 saturated heterocycles. The van der Waals surface area contributed by atoms with E-state index in [2.05, 4.69) is 46.8 Å². The fourth-order valence-corrected chi connectivity index (χ4v) is 5.45. The molecule has 2 rings (SSSR count). The molecule has 3 unspecified atom stereocenters. The van der Waals surface area contributed by atoms with Crippen molar-refractivity contribution in [3.8, 4) is 0 Å². The molecule has 1 aromatic rings. The van der Waals surface area contributed by atoms with Crippen LogP contribution in [0, 0.1) is 31.6 Å². The summed E-state index contributed by atoms with van der Waals surface area (Å²) in [5, 5.41) is 0. The van der Waals surface area contributed by atoms with Crippen LogP contribution in [0.1, 0.15) is 146 Å². The first-order valence-electron chi connectivity index (χ1n) is 15.1. The summed E-state index contributed by atoms with van der Waals surface area (Å²) in [7, 11) is 0. The van der Waals surface area contributed by atoms with Gasteiger partial charge in [0.25, 0.3) is 0 Å². The molecular weight excluding hydrogens is 472 g/mol. The number of hydrogen-bond donors (Lipinski definition) is 0. The number of hydrogen-bond acceptors (Lipinski definition) is 4. The molecule has 0 saturated carbocycles. The zero-order chi connectivity index (χ0) is 29.3. The van der Waals surface area contributed by atoms with E-state index >= 15 is 0 Å². The maximum absolute atomic E-state index is 12.8. The Morgan fingerprint density at radius 3 is 2.03 bits per heavy atom. The molecule has 0 bridgehead atoms. The van der Waals surface area contributed by atoms with Gasteiger partial charge < -0.3 is 4.79 Å². The van der Waals surface area contributed by atoms with Crippen molar-refractivity contribution in [2.45, 2.75) is 139 Å². The Labute approximate surface area is 233 Å². The highest BCUT2D eigenvalue weighted by Crippen LogP contribution is 2.36. The summed E-state index contributed by atoms with van der Waals surface area (Å²) in [4.78, 5) is 47.2. The predicted octanol–water partition coefficient (Wildman–Crippen LogP) is 9.00. The highest BCUT2D eigenvalue weighted by Gasteiger charge is 2.33. The van der Waals surface area contributed by atoms with Gasteiger partial charge in [-0.1, -0.05) is 78.9 Å². The first-order chi connectivity index (χ1) is 18.0. The Morgan fingerprint density at radius 1 is 0.895 bits per heavy atom. The second-order valence-corrected chi connectivity index (χ2v) is 11.2. The third-order valence-electron chi connectivity index (χ3n) is 7.36. The van der Waals surface area contributed by atoms with Gasteiger partial charge in [-0.15, -0.1) is 0 Å². The van der Waals surface area contributed by atoms with E-state index in [1.54, 1.807) is 6.92 Å². The Balaban J connectivity index is 0.00000105. The second-order valence-electron chi connectivity index (χ2n) is 11.2. The van der Waals surface area contributed by atoms with E-state index in [4.69, 9.17) is 0 Å². The molecule has 1 aliphatic rings.